The van der Waals surface area contributed by atoms with E-state index in [1.165, 1.54) is 5.57 Å². The number of hydrogen-bond donors (Lipinski definition) is 1. The molecule has 1 heterocycles. The topological polar surface area (TPSA) is 38.5 Å². The summed E-state index contributed by atoms with van der Waals surface area (Å²) in [5.74, 6) is 0. The van der Waals surface area contributed by atoms with Gasteiger partial charge in [0, 0.05) is 18.8 Å². The fraction of sp³-hybridized carbons (Fsp3) is 0.545. The summed E-state index contributed by atoms with van der Waals surface area (Å²) in [5, 5.41) is 0. The molecule has 0 bridgehead atoms. The van der Waals surface area contributed by atoms with Crippen LogP contribution in [0, 0.1) is 0 Å². The van der Waals surface area contributed by atoms with Crippen molar-refractivity contribution in [3.8, 4) is 0 Å². The maximum atomic E-state index is 5.82. The van der Waals surface area contributed by atoms with Crippen LogP contribution < -0.4 is 5.73 Å². The zero-order valence-corrected chi connectivity index (χ0v) is 10.1. The lowest BCUT2D eigenvalue weighted by Gasteiger charge is -2.27. The number of allylic oxidation sites excluding steroid dienone is 2. The Morgan fingerprint density at radius 1 is 1.27 bits per heavy atom. The summed E-state index contributed by atoms with van der Waals surface area (Å²) in [6.45, 7) is 7.24. The largest absolute Gasteiger partial charge is 0.399 e. The minimum atomic E-state index is 0.714. The van der Waals surface area contributed by atoms with Gasteiger partial charge in [0.05, 0.1) is 13.2 Å². The SMILES string of the molecule is CC(C)=C/C(N)=C/C(=S)N1CCOCC1. The standard InChI is InChI=1S/C11H18N2OS/c1-9(2)7-10(12)8-11(15)13-3-5-14-6-4-13/h7-8H,3-6,12H2,1-2H3/b10-8-. The van der Waals surface area contributed by atoms with Crippen molar-refractivity contribution in [2.24, 2.45) is 5.73 Å². The molecule has 1 saturated heterocycles. The first kappa shape index (κ1) is 12.2. The molecule has 0 aromatic heterocycles. The second-order valence-electron chi connectivity index (χ2n) is 3.80. The summed E-state index contributed by atoms with van der Waals surface area (Å²) in [4.78, 5) is 2.91. The van der Waals surface area contributed by atoms with E-state index in [0.717, 1.165) is 31.3 Å². The summed E-state index contributed by atoms with van der Waals surface area (Å²) in [5.41, 5.74) is 7.71. The van der Waals surface area contributed by atoms with Crippen LogP contribution >= 0.6 is 12.2 Å². The van der Waals surface area contributed by atoms with Crippen molar-refractivity contribution in [3.05, 3.63) is 23.4 Å². The molecule has 0 unspecified atom stereocenters. The number of nitrogens with zero attached hydrogens (tertiary/aromatic N) is 1. The van der Waals surface area contributed by atoms with Crippen molar-refractivity contribution >= 4 is 17.2 Å². The Hall–Kier alpha value is -0.870. The highest BCUT2D eigenvalue weighted by Crippen LogP contribution is 2.03. The lowest BCUT2D eigenvalue weighted by Crippen LogP contribution is -2.39. The van der Waals surface area contributed by atoms with Crippen molar-refractivity contribution in [3.63, 3.8) is 0 Å². The molecule has 0 aliphatic carbocycles. The van der Waals surface area contributed by atoms with Crippen LogP contribution in [0.25, 0.3) is 0 Å². The van der Waals surface area contributed by atoms with Gasteiger partial charge in [0.15, 0.2) is 0 Å². The van der Waals surface area contributed by atoms with Gasteiger partial charge in [-0.25, -0.2) is 0 Å². The number of morpholine rings is 1. The lowest BCUT2D eigenvalue weighted by molar-refractivity contribution is 0.0694. The Morgan fingerprint density at radius 2 is 1.87 bits per heavy atom. The molecule has 15 heavy (non-hydrogen) atoms. The molecule has 3 nitrogen and oxygen atoms in total. The third-order valence-corrected chi connectivity index (χ3v) is 2.44. The number of hydrogen-bond acceptors (Lipinski definition) is 3. The molecular formula is C11H18N2OS. The van der Waals surface area contributed by atoms with Crippen molar-refractivity contribution < 1.29 is 4.74 Å². The van der Waals surface area contributed by atoms with Gasteiger partial charge in [-0.15, -0.1) is 0 Å². The van der Waals surface area contributed by atoms with E-state index in [2.05, 4.69) is 4.90 Å². The molecule has 0 amide bonds. The highest BCUT2D eigenvalue weighted by Gasteiger charge is 2.11. The van der Waals surface area contributed by atoms with E-state index in [1.807, 2.05) is 26.0 Å². The molecule has 0 aromatic rings. The van der Waals surface area contributed by atoms with Crippen LogP contribution in [0.5, 0.6) is 0 Å². The van der Waals surface area contributed by atoms with E-state index >= 15 is 0 Å². The van der Waals surface area contributed by atoms with Crippen LogP contribution in [0.3, 0.4) is 0 Å². The maximum Gasteiger partial charge on any atom is 0.104 e. The second-order valence-corrected chi connectivity index (χ2v) is 4.22. The first-order chi connectivity index (χ1) is 7.09. The Labute approximate surface area is 96.6 Å². The van der Waals surface area contributed by atoms with Gasteiger partial charge in [0.25, 0.3) is 0 Å². The van der Waals surface area contributed by atoms with E-state index < -0.39 is 0 Å². The van der Waals surface area contributed by atoms with Crippen molar-refractivity contribution in [1.82, 2.24) is 4.90 Å². The fourth-order valence-corrected chi connectivity index (χ4v) is 1.71. The first-order valence-corrected chi connectivity index (χ1v) is 5.49. The third kappa shape index (κ3) is 4.44. The molecule has 1 rings (SSSR count). The molecule has 0 aromatic carbocycles. The summed E-state index contributed by atoms with van der Waals surface area (Å²) < 4.78 is 5.25. The van der Waals surface area contributed by atoms with Gasteiger partial charge in [-0.1, -0.05) is 17.8 Å². The molecule has 1 aliphatic heterocycles. The monoisotopic (exact) mass is 226 g/mol. The molecular weight excluding hydrogens is 208 g/mol. The third-order valence-electron chi connectivity index (χ3n) is 2.07. The van der Waals surface area contributed by atoms with Gasteiger partial charge in [0.2, 0.25) is 0 Å². The molecule has 1 aliphatic rings. The van der Waals surface area contributed by atoms with E-state index in [4.69, 9.17) is 22.7 Å². The van der Waals surface area contributed by atoms with Crippen LogP contribution in [0.2, 0.25) is 0 Å². The smallest absolute Gasteiger partial charge is 0.104 e. The predicted octanol–water partition coefficient (Wildman–Crippen LogP) is 1.45. The molecule has 0 saturated carbocycles. The minimum Gasteiger partial charge on any atom is -0.399 e. The predicted molar refractivity (Wildman–Crippen MR) is 66.7 cm³/mol. The number of nitrogens with two attached hydrogens (primary N) is 1. The van der Waals surface area contributed by atoms with E-state index in [9.17, 15) is 0 Å². The zero-order valence-electron chi connectivity index (χ0n) is 9.32. The summed E-state index contributed by atoms with van der Waals surface area (Å²) in [7, 11) is 0. The Balaban J connectivity index is 2.56. The normalized spacial score (nSPS) is 17.5. The highest BCUT2D eigenvalue weighted by molar-refractivity contribution is 7.80. The zero-order chi connectivity index (χ0) is 11.3. The summed E-state index contributed by atoms with van der Waals surface area (Å²) in [6, 6.07) is 0. The van der Waals surface area contributed by atoms with Crippen molar-refractivity contribution in [2.45, 2.75) is 13.8 Å². The average Bonchev–Trinajstić information content (AvgIpc) is 2.17. The quantitative estimate of drug-likeness (QED) is 0.439. The van der Waals surface area contributed by atoms with Crippen LogP contribution in [-0.4, -0.2) is 36.2 Å². The van der Waals surface area contributed by atoms with E-state index in [0.29, 0.717) is 5.70 Å². The van der Waals surface area contributed by atoms with Crippen molar-refractivity contribution in [2.75, 3.05) is 26.3 Å². The fourth-order valence-electron chi connectivity index (χ4n) is 1.39. The molecule has 0 radical (unpaired) electrons. The highest BCUT2D eigenvalue weighted by atomic mass is 32.1. The van der Waals surface area contributed by atoms with Gasteiger partial charge >= 0.3 is 0 Å². The van der Waals surface area contributed by atoms with E-state index in [-0.39, 0.29) is 0 Å². The maximum absolute atomic E-state index is 5.82. The molecule has 0 atom stereocenters. The van der Waals surface area contributed by atoms with Crippen LogP contribution in [-0.2, 0) is 4.74 Å². The Morgan fingerprint density at radius 3 is 2.40 bits per heavy atom. The van der Waals surface area contributed by atoms with Crippen LogP contribution in [0.15, 0.2) is 23.4 Å². The van der Waals surface area contributed by atoms with Crippen molar-refractivity contribution in [1.29, 1.82) is 0 Å². The summed E-state index contributed by atoms with van der Waals surface area (Å²) >= 11 is 5.29. The molecule has 0 spiro atoms. The molecule has 1 fully saturated rings. The van der Waals surface area contributed by atoms with Crippen LogP contribution in [0.1, 0.15) is 13.8 Å². The lowest BCUT2D eigenvalue weighted by atomic mass is 10.2. The number of thiocarbonyl (C=S) groups is 1. The Kier molecular flexibility index (Phi) is 4.78. The number of rotatable bonds is 2. The average molecular weight is 226 g/mol. The summed E-state index contributed by atoms with van der Waals surface area (Å²) in [6.07, 6.45) is 3.76. The Bertz CT molecular complexity index is 287. The van der Waals surface area contributed by atoms with Gasteiger partial charge < -0.3 is 15.4 Å². The minimum absolute atomic E-state index is 0.714. The molecule has 4 heteroatoms. The van der Waals surface area contributed by atoms with Gasteiger partial charge in [-0.3, -0.25) is 0 Å². The molecule has 84 valence electrons. The van der Waals surface area contributed by atoms with Gasteiger partial charge in [-0.05, 0) is 26.0 Å². The second kappa shape index (κ2) is 5.88. The van der Waals surface area contributed by atoms with Crippen LogP contribution in [0.4, 0.5) is 0 Å². The van der Waals surface area contributed by atoms with Gasteiger partial charge in [0.1, 0.15) is 4.99 Å². The van der Waals surface area contributed by atoms with Gasteiger partial charge in [-0.2, -0.15) is 0 Å². The van der Waals surface area contributed by atoms with E-state index in [1.54, 1.807) is 0 Å². The number of ether oxygens (including phenoxy) is 1. The first-order valence-electron chi connectivity index (χ1n) is 5.08. The molecule has 2 N–H and O–H groups in total.